The summed E-state index contributed by atoms with van der Waals surface area (Å²) in [7, 11) is -27.0. The Balaban J connectivity index is 0.840. The fourth-order valence-corrected chi connectivity index (χ4v) is 22.9. The number of thioether (sulfide) groups is 2. The Hall–Kier alpha value is -9.36. The van der Waals surface area contributed by atoms with Gasteiger partial charge in [0.05, 0.1) is 104 Å². The Morgan fingerprint density at radius 3 is 0.993 bits per heavy atom. The first-order valence-corrected chi connectivity index (χ1v) is 58.7. The Morgan fingerprint density at radius 2 is 0.695 bits per heavy atom. The molecule has 10 amide bonds. The number of hydrogen-bond acceptors (Lipinski definition) is 35. The zero-order valence-corrected chi connectivity index (χ0v) is 84.2. The van der Waals surface area contributed by atoms with Crippen LogP contribution in [0.1, 0.15) is 188 Å². The van der Waals surface area contributed by atoms with Crippen molar-refractivity contribution in [1.82, 2.24) is 68.1 Å². The fraction of sp³-hybridized carbons (Fsp3) is 0.711. The molecule has 50 nitrogen and oxygen atoms in total. The van der Waals surface area contributed by atoms with Crippen molar-refractivity contribution in [2.24, 2.45) is 5.92 Å². The lowest BCUT2D eigenvalue weighted by molar-refractivity contribution is -0.142. The van der Waals surface area contributed by atoms with Crippen molar-refractivity contribution in [3.8, 4) is 34.5 Å². The number of nitrogens with one attached hydrogen (secondary N) is 10. The molecule has 17 N–H and O–H groups in total. The van der Waals surface area contributed by atoms with E-state index in [0.717, 1.165) is 61.5 Å². The van der Waals surface area contributed by atoms with Crippen LogP contribution in [-0.4, -0.2) is 348 Å². The second-order valence-corrected chi connectivity index (χ2v) is 47.4. The number of carbonyl (C=O) groups excluding carboxylic acids is 8. The minimum atomic E-state index is -4.51. The molecule has 0 aliphatic carbocycles. The molecule has 0 radical (unpaired) electrons. The number of carboxylic acid groups (broad SMARTS) is 1. The van der Waals surface area contributed by atoms with E-state index in [9.17, 15) is 126 Å². The molecule has 8 atom stereocenters. The van der Waals surface area contributed by atoms with Crippen LogP contribution in [0.5, 0.6) is 34.5 Å². The van der Waals surface area contributed by atoms with Crippen molar-refractivity contribution < 1.29 is 155 Å². The third-order valence-electron chi connectivity index (χ3n) is 24.2. The van der Waals surface area contributed by atoms with Gasteiger partial charge in [-0.05, 0) is 166 Å². The standard InChI is InChI=1S/C83H128N16O34S8/c100-68(19-3-1-17-66-70-60(51-134-66)90-82(108)92-70)84-27-7-5-15-58(88-74(102)54-47-62(128-35-9-41-136(110,111)112)72(132-39-13-45-140(122,123)124)63(48-54)129-36-10-42-137(113,114)115)76(104)86-56-23-31-98(32-24-56)80-94-79(97-29-21-53(22-30-97)78(106)107)95-81(96-80)99-33-25-57(26-34-99)87-77(105)59(16-6-8-28-85-69(101)20-4-2-18-67-71-61(52-135-67)91-83(109)93-71)89-75(103)55-49-64(130-37-11-43-138(116,117)118)73(133-40-14-46-141(125,126)127)65(50-55)131-38-12-44-139(119,120)121/h47-50,53,56-61,66-67,70-71H,1-46,51-52H2,(H,84,100)(H,85,101)(H,86,104)(H,87,105)(H,88,102)(H,89,103)(H,106,107)(H2,90,92,108)(H2,91,93,109)(H,110,111,112)(H,113,114,115)(H,116,117,118)(H,119,120,121)(H,122,123,124)(H,125,126,127). The number of ether oxygens (including phenoxy) is 6. The highest BCUT2D eigenvalue weighted by molar-refractivity contribution is 8.00. The van der Waals surface area contributed by atoms with Crippen LogP contribution < -0.4 is 96.3 Å². The van der Waals surface area contributed by atoms with E-state index < -0.39 is 195 Å². The van der Waals surface area contributed by atoms with Gasteiger partial charge in [-0.2, -0.15) is 89.0 Å². The summed E-state index contributed by atoms with van der Waals surface area (Å²) in [5, 5.41) is 39.8. The third kappa shape index (κ3) is 39.9. The molecular formula is C83H128N16O34S8. The number of rotatable bonds is 62. The second-order valence-electron chi connectivity index (χ2n) is 35.4. The summed E-state index contributed by atoms with van der Waals surface area (Å²) in [5.74, 6) is -9.17. The number of benzene rings is 2. The largest absolute Gasteiger partial charge is 0.489 e. The molecule has 8 heterocycles. The van der Waals surface area contributed by atoms with Crippen molar-refractivity contribution in [2.75, 3.05) is 153 Å². The molecule has 0 saturated carbocycles. The van der Waals surface area contributed by atoms with Gasteiger partial charge in [-0.15, -0.1) is 0 Å². The molecule has 3 aromatic rings. The first kappa shape index (κ1) is 114. The van der Waals surface area contributed by atoms with Crippen molar-refractivity contribution in [1.29, 1.82) is 0 Å². The number of carbonyl (C=O) groups is 9. The summed E-state index contributed by atoms with van der Waals surface area (Å²) in [6.45, 7) is -0.757. The molecule has 7 saturated heterocycles. The molecule has 0 spiro atoms. The third-order valence-corrected chi connectivity index (χ3v) is 32.1. The molecule has 10 rings (SSSR count). The van der Waals surface area contributed by atoms with Crippen molar-refractivity contribution >= 4 is 156 Å². The van der Waals surface area contributed by atoms with E-state index in [0.29, 0.717) is 25.7 Å². The van der Waals surface area contributed by atoms with Crippen LogP contribution in [0.4, 0.5) is 27.4 Å². The maximum atomic E-state index is 14.9. The number of unbranched alkanes of at least 4 members (excludes halogenated alkanes) is 4. The summed E-state index contributed by atoms with van der Waals surface area (Å²) in [6, 6.07) is 0.661. The van der Waals surface area contributed by atoms with Crippen LogP contribution in [0.2, 0.25) is 0 Å². The molecule has 7 fully saturated rings. The van der Waals surface area contributed by atoms with Gasteiger partial charge in [0.15, 0.2) is 23.0 Å². The molecule has 7 aliphatic rings. The normalized spacial score (nSPS) is 19.7. The number of aromatic nitrogens is 3. The van der Waals surface area contributed by atoms with E-state index in [4.69, 9.17) is 43.4 Å². The SMILES string of the molecule is O=C(CCCCC1SCC2NC(=O)NC21)NCCCCC(NC(=O)c1cc(OCCCS(=O)(=O)O)c(OCCCS(=O)(=O)O)c(OCCCS(=O)(=O)O)c1)C(=O)NC1CCN(c2nc(N3CCC(NC(=O)C(CCCCNC(=O)CCCCC4SCC5NC(=O)NC54)NC(=O)c4cc(OCCCS(=O)(=O)O)c(OCCCS(=O)(=O)O)c(OCCCS(=O)(=O)O)c4)CC3)nc(N3CCC(C(=O)O)CC3)n2)CC1. The average Bonchev–Trinajstić information content (AvgIpc) is 1.08. The Bertz CT molecular complexity index is 5080. The van der Waals surface area contributed by atoms with E-state index in [2.05, 4.69) is 53.2 Å². The van der Waals surface area contributed by atoms with Crippen LogP contribution >= 0.6 is 23.5 Å². The zero-order chi connectivity index (χ0) is 102. The van der Waals surface area contributed by atoms with Gasteiger partial charge in [-0.1, -0.05) is 12.8 Å². The molecule has 1 aromatic heterocycles. The van der Waals surface area contributed by atoms with Crippen LogP contribution in [0.15, 0.2) is 24.3 Å². The summed E-state index contributed by atoms with van der Waals surface area (Å²) >= 11 is 3.54. The van der Waals surface area contributed by atoms with Crippen molar-refractivity contribution in [2.45, 2.75) is 226 Å². The van der Waals surface area contributed by atoms with Gasteiger partial charge >= 0.3 is 18.0 Å². The minimum absolute atomic E-state index is 0.00574. The van der Waals surface area contributed by atoms with E-state index in [-0.39, 0.29) is 290 Å². The molecule has 792 valence electrons. The lowest BCUT2D eigenvalue weighted by atomic mass is 9.97. The fourth-order valence-electron chi connectivity index (χ4n) is 16.9. The predicted molar refractivity (Wildman–Crippen MR) is 515 cm³/mol. The molecular weight excluding hydrogens is 2020 g/mol. The number of carboxylic acids is 1. The van der Waals surface area contributed by atoms with E-state index in [1.165, 1.54) is 0 Å². The monoisotopic (exact) mass is 2150 g/mol. The summed E-state index contributed by atoms with van der Waals surface area (Å²) in [5.41, 5.74) is -0.517. The summed E-state index contributed by atoms with van der Waals surface area (Å²) in [4.78, 5) is 142. The first-order chi connectivity index (χ1) is 66.7. The van der Waals surface area contributed by atoms with Gasteiger partial charge in [0.1, 0.15) is 12.1 Å². The number of nitrogens with zero attached hydrogens (tertiary/aromatic N) is 6. The van der Waals surface area contributed by atoms with Crippen LogP contribution in [0, 0.1) is 5.92 Å². The molecule has 8 unspecified atom stereocenters. The molecule has 7 aliphatic heterocycles. The molecule has 0 bridgehead atoms. The number of piperidine rings is 3. The Morgan fingerprint density at radius 1 is 0.397 bits per heavy atom. The highest BCUT2D eigenvalue weighted by Crippen LogP contribution is 2.43. The lowest BCUT2D eigenvalue weighted by Crippen LogP contribution is -2.52. The molecule has 58 heteroatoms. The first-order valence-electron chi connectivity index (χ1n) is 46.9. The van der Waals surface area contributed by atoms with E-state index in [1.54, 1.807) is 23.5 Å². The summed E-state index contributed by atoms with van der Waals surface area (Å²) in [6.07, 6.45) is 5.71. The zero-order valence-electron chi connectivity index (χ0n) is 77.7. The van der Waals surface area contributed by atoms with Crippen LogP contribution in [-0.2, 0) is 84.7 Å². The number of urea groups is 2. The highest BCUT2D eigenvalue weighted by atomic mass is 32.2. The second kappa shape index (κ2) is 54.0. The van der Waals surface area contributed by atoms with Crippen LogP contribution in [0.3, 0.4) is 0 Å². The predicted octanol–water partition coefficient (Wildman–Crippen LogP) is 1.90. The van der Waals surface area contributed by atoms with Crippen molar-refractivity contribution in [3.05, 3.63) is 35.4 Å². The topological polar surface area (TPSA) is 724 Å². The van der Waals surface area contributed by atoms with Gasteiger partial charge in [0.25, 0.3) is 72.5 Å². The van der Waals surface area contributed by atoms with Gasteiger partial charge < -0.3 is 101 Å². The number of amides is 10. The van der Waals surface area contributed by atoms with Gasteiger partial charge in [0.2, 0.25) is 53.0 Å². The van der Waals surface area contributed by atoms with E-state index in [1.807, 2.05) is 14.7 Å². The smallest absolute Gasteiger partial charge is 0.315 e. The van der Waals surface area contributed by atoms with Crippen molar-refractivity contribution in [3.63, 3.8) is 0 Å². The average molecular weight is 2150 g/mol. The van der Waals surface area contributed by atoms with E-state index >= 15 is 0 Å². The minimum Gasteiger partial charge on any atom is -0.489 e. The summed E-state index contributed by atoms with van der Waals surface area (Å²) < 4.78 is 233. The molecule has 141 heavy (non-hydrogen) atoms. The highest BCUT2D eigenvalue weighted by Gasteiger charge is 2.45. The Labute approximate surface area is 827 Å². The Kier molecular flexibility index (Phi) is 43.5. The van der Waals surface area contributed by atoms with Crippen LogP contribution in [0.25, 0.3) is 0 Å². The quantitative estimate of drug-likeness (QED) is 0.0218. The van der Waals surface area contributed by atoms with Gasteiger partial charge in [-0.25, -0.2) is 9.59 Å². The molecule has 2 aromatic carbocycles. The maximum absolute atomic E-state index is 14.9. The van der Waals surface area contributed by atoms with Gasteiger partial charge in [-0.3, -0.25) is 60.9 Å². The number of aliphatic carboxylic acids is 1. The van der Waals surface area contributed by atoms with Gasteiger partial charge in [0, 0.05) is 110 Å². The maximum Gasteiger partial charge on any atom is 0.315 e. The number of hydrogen-bond donors (Lipinski definition) is 17. The number of fused-ring (bicyclic) bond motifs is 2. The number of anilines is 3. The lowest BCUT2D eigenvalue weighted by Gasteiger charge is -2.36.